The van der Waals surface area contributed by atoms with Crippen molar-refractivity contribution in [2.45, 2.75) is 12.0 Å². The SMILES string of the molecule is COc1cc(C(O)C(CN)c2ccc(Br)cc2)ccc1F. The van der Waals surface area contributed by atoms with E-state index < -0.39 is 11.9 Å². The number of aliphatic hydroxyl groups excluding tert-OH is 1. The number of methoxy groups -OCH3 is 1. The molecule has 0 amide bonds. The molecule has 0 aromatic heterocycles. The minimum Gasteiger partial charge on any atom is -0.494 e. The highest BCUT2D eigenvalue weighted by atomic mass is 79.9. The molecule has 5 heteroatoms. The lowest BCUT2D eigenvalue weighted by molar-refractivity contribution is 0.147. The maximum atomic E-state index is 13.4. The zero-order chi connectivity index (χ0) is 15.4. The van der Waals surface area contributed by atoms with E-state index in [1.165, 1.54) is 19.2 Å². The van der Waals surface area contributed by atoms with Gasteiger partial charge in [0.05, 0.1) is 13.2 Å². The molecule has 2 rings (SSSR count). The van der Waals surface area contributed by atoms with E-state index in [4.69, 9.17) is 10.5 Å². The Morgan fingerprint density at radius 2 is 1.81 bits per heavy atom. The number of halogens is 2. The Balaban J connectivity index is 2.31. The van der Waals surface area contributed by atoms with Crippen molar-refractivity contribution in [3.63, 3.8) is 0 Å². The van der Waals surface area contributed by atoms with Gasteiger partial charge in [-0.05, 0) is 35.4 Å². The molecule has 3 N–H and O–H groups in total. The van der Waals surface area contributed by atoms with Crippen LogP contribution in [-0.2, 0) is 0 Å². The summed E-state index contributed by atoms with van der Waals surface area (Å²) in [6.07, 6.45) is -0.828. The van der Waals surface area contributed by atoms with Crippen molar-refractivity contribution in [2.75, 3.05) is 13.7 Å². The fourth-order valence-electron chi connectivity index (χ4n) is 2.25. The van der Waals surface area contributed by atoms with Crippen LogP contribution in [0.2, 0.25) is 0 Å². The van der Waals surface area contributed by atoms with Crippen LogP contribution in [0, 0.1) is 5.82 Å². The van der Waals surface area contributed by atoms with E-state index in [0.717, 1.165) is 10.0 Å². The third-order valence-electron chi connectivity index (χ3n) is 3.45. The molecule has 0 aliphatic carbocycles. The Labute approximate surface area is 131 Å². The van der Waals surface area contributed by atoms with Gasteiger partial charge in [0.2, 0.25) is 0 Å². The number of rotatable bonds is 5. The van der Waals surface area contributed by atoms with E-state index >= 15 is 0 Å². The summed E-state index contributed by atoms with van der Waals surface area (Å²) < 4.78 is 19.4. The molecule has 0 saturated carbocycles. The lowest BCUT2D eigenvalue weighted by Gasteiger charge is -2.23. The van der Waals surface area contributed by atoms with Gasteiger partial charge < -0.3 is 15.6 Å². The fraction of sp³-hybridized carbons (Fsp3) is 0.250. The topological polar surface area (TPSA) is 55.5 Å². The first-order valence-corrected chi connectivity index (χ1v) is 7.33. The molecule has 3 nitrogen and oxygen atoms in total. The Bertz CT molecular complexity index is 604. The monoisotopic (exact) mass is 353 g/mol. The fourth-order valence-corrected chi connectivity index (χ4v) is 2.51. The Kier molecular flexibility index (Phi) is 5.33. The van der Waals surface area contributed by atoms with Crippen LogP contribution >= 0.6 is 15.9 Å². The standard InChI is InChI=1S/C16H17BrFNO2/c1-21-15-8-11(4-7-14(15)18)16(20)13(9-19)10-2-5-12(17)6-3-10/h2-8,13,16,20H,9,19H2,1H3. The maximum absolute atomic E-state index is 13.4. The van der Waals surface area contributed by atoms with Gasteiger partial charge in [-0.25, -0.2) is 4.39 Å². The summed E-state index contributed by atoms with van der Waals surface area (Å²) in [5.74, 6) is -0.618. The number of hydrogen-bond acceptors (Lipinski definition) is 3. The van der Waals surface area contributed by atoms with Crippen LogP contribution in [0.4, 0.5) is 4.39 Å². The van der Waals surface area contributed by atoms with Crippen molar-refractivity contribution in [2.24, 2.45) is 5.73 Å². The molecule has 21 heavy (non-hydrogen) atoms. The molecule has 0 saturated heterocycles. The second kappa shape index (κ2) is 7.02. The summed E-state index contributed by atoms with van der Waals surface area (Å²) in [5, 5.41) is 10.5. The Morgan fingerprint density at radius 1 is 1.19 bits per heavy atom. The summed E-state index contributed by atoms with van der Waals surface area (Å²) >= 11 is 3.37. The first kappa shape index (κ1) is 15.9. The highest BCUT2D eigenvalue weighted by molar-refractivity contribution is 9.10. The predicted octanol–water partition coefficient (Wildman–Crippen LogP) is 3.37. The van der Waals surface area contributed by atoms with Crippen molar-refractivity contribution in [3.05, 3.63) is 63.9 Å². The minimum absolute atomic E-state index is 0.109. The summed E-state index contributed by atoms with van der Waals surface area (Å²) in [4.78, 5) is 0. The quantitative estimate of drug-likeness (QED) is 0.866. The highest BCUT2D eigenvalue weighted by Crippen LogP contribution is 2.33. The molecule has 2 aromatic rings. The molecule has 0 aliphatic rings. The molecule has 0 bridgehead atoms. The van der Waals surface area contributed by atoms with Gasteiger partial charge in [0.25, 0.3) is 0 Å². The van der Waals surface area contributed by atoms with Crippen LogP contribution in [0.5, 0.6) is 5.75 Å². The number of benzene rings is 2. The van der Waals surface area contributed by atoms with Gasteiger partial charge in [-0.3, -0.25) is 0 Å². The lowest BCUT2D eigenvalue weighted by atomic mass is 9.89. The Morgan fingerprint density at radius 3 is 2.38 bits per heavy atom. The predicted molar refractivity (Wildman–Crippen MR) is 83.8 cm³/mol. The molecule has 112 valence electrons. The molecule has 2 aromatic carbocycles. The van der Waals surface area contributed by atoms with Crippen molar-refractivity contribution >= 4 is 15.9 Å². The number of ether oxygens (including phenoxy) is 1. The van der Waals surface area contributed by atoms with Crippen molar-refractivity contribution in [3.8, 4) is 5.75 Å². The van der Waals surface area contributed by atoms with Crippen LogP contribution in [0.1, 0.15) is 23.1 Å². The maximum Gasteiger partial charge on any atom is 0.165 e. The summed E-state index contributed by atoms with van der Waals surface area (Å²) in [5.41, 5.74) is 7.31. The van der Waals surface area contributed by atoms with Crippen LogP contribution < -0.4 is 10.5 Å². The molecule has 0 aliphatic heterocycles. The lowest BCUT2D eigenvalue weighted by Crippen LogP contribution is -2.20. The molecule has 0 heterocycles. The first-order chi connectivity index (χ1) is 10.1. The molecule has 2 atom stereocenters. The van der Waals surface area contributed by atoms with Gasteiger partial charge in [-0.1, -0.05) is 34.1 Å². The molecular formula is C16H17BrFNO2. The van der Waals surface area contributed by atoms with Crippen molar-refractivity contribution in [1.82, 2.24) is 0 Å². The molecule has 0 radical (unpaired) electrons. The van der Waals surface area contributed by atoms with Gasteiger partial charge in [-0.2, -0.15) is 0 Å². The van der Waals surface area contributed by atoms with E-state index in [9.17, 15) is 9.50 Å². The average Bonchev–Trinajstić information content (AvgIpc) is 2.50. The third-order valence-corrected chi connectivity index (χ3v) is 3.98. The van der Waals surface area contributed by atoms with Gasteiger partial charge in [0.1, 0.15) is 0 Å². The number of aliphatic hydroxyl groups is 1. The molecule has 2 unspecified atom stereocenters. The zero-order valence-electron chi connectivity index (χ0n) is 11.6. The van der Waals surface area contributed by atoms with Gasteiger partial charge >= 0.3 is 0 Å². The van der Waals surface area contributed by atoms with Crippen LogP contribution in [0.3, 0.4) is 0 Å². The second-order valence-corrected chi connectivity index (χ2v) is 5.65. The number of hydrogen-bond donors (Lipinski definition) is 2. The zero-order valence-corrected chi connectivity index (χ0v) is 13.2. The third kappa shape index (κ3) is 3.61. The van der Waals surface area contributed by atoms with Crippen LogP contribution in [0.15, 0.2) is 46.9 Å². The largest absolute Gasteiger partial charge is 0.494 e. The van der Waals surface area contributed by atoms with E-state index in [0.29, 0.717) is 5.56 Å². The van der Waals surface area contributed by atoms with Gasteiger partial charge in [-0.15, -0.1) is 0 Å². The van der Waals surface area contributed by atoms with Crippen LogP contribution in [0.25, 0.3) is 0 Å². The van der Waals surface area contributed by atoms with Gasteiger partial charge in [0.15, 0.2) is 11.6 Å². The second-order valence-electron chi connectivity index (χ2n) is 4.73. The summed E-state index contributed by atoms with van der Waals surface area (Å²) in [6, 6.07) is 11.9. The summed E-state index contributed by atoms with van der Waals surface area (Å²) in [7, 11) is 1.39. The minimum atomic E-state index is -0.828. The van der Waals surface area contributed by atoms with Gasteiger partial charge in [0, 0.05) is 16.9 Å². The van der Waals surface area contributed by atoms with Crippen LogP contribution in [-0.4, -0.2) is 18.8 Å². The van der Waals surface area contributed by atoms with E-state index in [-0.39, 0.29) is 18.2 Å². The van der Waals surface area contributed by atoms with E-state index in [2.05, 4.69) is 15.9 Å². The smallest absolute Gasteiger partial charge is 0.165 e. The first-order valence-electron chi connectivity index (χ1n) is 6.54. The normalized spacial score (nSPS) is 13.8. The molecular weight excluding hydrogens is 337 g/mol. The average molecular weight is 354 g/mol. The highest BCUT2D eigenvalue weighted by Gasteiger charge is 2.22. The Hall–Kier alpha value is -1.43. The van der Waals surface area contributed by atoms with E-state index in [1.54, 1.807) is 6.07 Å². The van der Waals surface area contributed by atoms with Crippen molar-refractivity contribution in [1.29, 1.82) is 0 Å². The summed E-state index contributed by atoms with van der Waals surface area (Å²) in [6.45, 7) is 0.280. The number of nitrogens with two attached hydrogens (primary N) is 1. The molecule has 0 spiro atoms. The van der Waals surface area contributed by atoms with Crippen molar-refractivity contribution < 1.29 is 14.2 Å². The van der Waals surface area contributed by atoms with E-state index in [1.807, 2.05) is 24.3 Å². The molecule has 0 fully saturated rings.